The zero-order chi connectivity index (χ0) is 17.7. The molecule has 1 heterocycles. The van der Waals surface area contributed by atoms with Crippen LogP contribution in [0.3, 0.4) is 0 Å². The lowest BCUT2D eigenvalue weighted by Crippen LogP contribution is -2.47. The summed E-state index contributed by atoms with van der Waals surface area (Å²) in [6.07, 6.45) is 8.69. The van der Waals surface area contributed by atoms with Crippen molar-refractivity contribution in [3.63, 3.8) is 0 Å². The number of carbonyl (C=O) groups is 1. The predicted octanol–water partition coefficient (Wildman–Crippen LogP) is 5.06. The molecule has 4 aliphatic rings. The van der Waals surface area contributed by atoms with Crippen molar-refractivity contribution >= 4 is 22.4 Å². The number of nitrogens with one attached hydrogen (secondary N) is 1. The number of aryl methyl sites for hydroxylation is 1. The third-order valence-electron chi connectivity index (χ3n) is 6.75. The molecule has 1 amide bonds. The average Bonchev–Trinajstić information content (AvgIpc) is 3.01. The van der Waals surface area contributed by atoms with Crippen LogP contribution < -0.4 is 5.32 Å². The predicted molar refractivity (Wildman–Crippen MR) is 104 cm³/mol. The Morgan fingerprint density at radius 2 is 1.77 bits per heavy atom. The molecule has 1 aromatic heterocycles. The third-order valence-corrected chi connectivity index (χ3v) is 7.62. The number of anilines is 1. The van der Waals surface area contributed by atoms with Crippen LogP contribution >= 0.6 is 11.3 Å². The second-order valence-corrected chi connectivity index (χ2v) is 9.85. The van der Waals surface area contributed by atoms with E-state index in [9.17, 15) is 4.79 Å². The monoisotopic (exact) mass is 367 g/mol. The molecule has 1 aromatic carbocycles. The van der Waals surface area contributed by atoms with Gasteiger partial charge in [0.1, 0.15) is 5.01 Å². The van der Waals surface area contributed by atoms with Gasteiger partial charge in [0.2, 0.25) is 11.0 Å². The van der Waals surface area contributed by atoms with Crippen molar-refractivity contribution in [1.82, 2.24) is 10.2 Å². The standard InChI is InChI=1S/C21H25N3OS/c1-13-4-2-3-5-17(13)19-23-24-20(26-19)22-18(25)12-21-9-14-6-15(10-21)8-16(7-14)11-21/h2-5,14-16H,6-12H2,1H3,(H,22,24,25). The first kappa shape index (κ1) is 16.4. The minimum absolute atomic E-state index is 0.124. The first-order valence-electron chi connectivity index (χ1n) is 9.78. The van der Waals surface area contributed by atoms with E-state index in [1.165, 1.54) is 55.4 Å². The Bertz CT molecular complexity index is 808. The Labute approximate surface area is 158 Å². The van der Waals surface area contributed by atoms with E-state index < -0.39 is 0 Å². The summed E-state index contributed by atoms with van der Waals surface area (Å²) in [5.74, 6) is 2.76. The first-order chi connectivity index (χ1) is 12.6. The molecule has 4 aliphatic carbocycles. The van der Waals surface area contributed by atoms with Gasteiger partial charge in [-0.25, -0.2) is 0 Å². The van der Waals surface area contributed by atoms with E-state index in [1.807, 2.05) is 12.1 Å². The fourth-order valence-corrected chi connectivity index (χ4v) is 7.06. The topological polar surface area (TPSA) is 54.9 Å². The zero-order valence-electron chi connectivity index (χ0n) is 15.2. The van der Waals surface area contributed by atoms with Crippen molar-refractivity contribution in [2.75, 3.05) is 5.32 Å². The summed E-state index contributed by atoms with van der Waals surface area (Å²) in [5.41, 5.74) is 2.53. The van der Waals surface area contributed by atoms with Gasteiger partial charge in [0, 0.05) is 12.0 Å². The second kappa shape index (κ2) is 6.15. The van der Waals surface area contributed by atoms with Crippen molar-refractivity contribution in [1.29, 1.82) is 0 Å². The molecule has 0 aliphatic heterocycles. The maximum Gasteiger partial charge on any atom is 0.226 e. The van der Waals surface area contributed by atoms with Crippen molar-refractivity contribution < 1.29 is 4.79 Å². The number of hydrogen-bond acceptors (Lipinski definition) is 4. The molecule has 4 nitrogen and oxygen atoms in total. The lowest BCUT2D eigenvalue weighted by atomic mass is 9.49. The van der Waals surface area contributed by atoms with E-state index >= 15 is 0 Å². The van der Waals surface area contributed by atoms with Gasteiger partial charge in [-0.3, -0.25) is 4.79 Å². The quantitative estimate of drug-likeness (QED) is 0.822. The summed E-state index contributed by atoms with van der Waals surface area (Å²) in [5, 5.41) is 13.0. The minimum atomic E-state index is 0.124. The van der Waals surface area contributed by atoms with Crippen LogP contribution in [0, 0.1) is 30.1 Å². The van der Waals surface area contributed by atoms with Crippen molar-refractivity contribution in [3.8, 4) is 10.6 Å². The van der Waals surface area contributed by atoms with Gasteiger partial charge in [-0.1, -0.05) is 35.6 Å². The van der Waals surface area contributed by atoms with Gasteiger partial charge in [0.15, 0.2) is 0 Å². The highest BCUT2D eigenvalue weighted by Crippen LogP contribution is 2.61. The lowest BCUT2D eigenvalue weighted by Gasteiger charge is -2.56. The number of aromatic nitrogens is 2. The van der Waals surface area contributed by atoms with E-state index in [0.717, 1.165) is 28.3 Å². The van der Waals surface area contributed by atoms with Crippen molar-refractivity contribution in [2.45, 2.75) is 51.9 Å². The number of rotatable bonds is 4. The van der Waals surface area contributed by atoms with Crippen LogP contribution in [0.4, 0.5) is 5.13 Å². The largest absolute Gasteiger partial charge is 0.301 e. The lowest BCUT2D eigenvalue weighted by molar-refractivity contribution is -0.124. The van der Waals surface area contributed by atoms with Crippen molar-refractivity contribution in [2.24, 2.45) is 23.2 Å². The van der Waals surface area contributed by atoms with E-state index in [-0.39, 0.29) is 11.3 Å². The van der Waals surface area contributed by atoms with Crippen LogP contribution in [0.5, 0.6) is 0 Å². The van der Waals surface area contributed by atoms with Crippen molar-refractivity contribution in [3.05, 3.63) is 29.8 Å². The fraction of sp³-hybridized carbons (Fsp3) is 0.571. The molecule has 136 valence electrons. The Hall–Kier alpha value is -1.75. The molecule has 0 atom stereocenters. The maximum atomic E-state index is 12.7. The minimum Gasteiger partial charge on any atom is -0.301 e. The summed E-state index contributed by atoms with van der Waals surface area (Å²) in [4.78, 5) is 12.7. The fourth-order valence-electron chi connectivity index (χ4n) is 6.21. The van der Waals surface area contributed by atoms with Gasteiger partial charge in [0.25, 0.3) is 0 Å². The summed E-state index contributed by atoms with van der Waals surface area (Å²) in [6.45, 7) is 2.07. The van der Waals surface area contributed by atoms with Crippen LogP contribution in [-0.2, 0) is 4.79 Å². The van der Waals surface area contributed by atoms with Crippen LogP contribution in [-0.4, -0.2) is 16.1 Å². The molecular formula is C21H25N3OS. The molecule has 4 saturated carbocycles. The van der Waals surface area contributed by atoms with E-state index in [1.54, 1.807) is 0 Å². The molecule has 0 saturated heterocycles. The summed E-state index contributed by atoms with van der Waals surface area (Å²) >= 11 is 1.47. The molecule has 4 fully saturated rings. The second-order valence-electron chi connectivity index (χ2n) is 8.87. The van der Waals surface area contributed by atoms with Gasteiger partial charge in [-0.05, 0) is 74.2 Å². The highest BCUT2D eigenvalue weighted by Gasteiger charge is 2.51. The maximum absolute atomic E-state index is 12.7. The molecule has 0 radical (unpaired) electrons. The summed E-state index contributed by atoms with van der Waals surface area (Å²) in [6, 6.07) is 8.15. The van der Waals surface area contributed by atoms with Gasteiger partial charge in [-0.15, -0.1) is 10.2 Å². The number of hydrogen-bond donors (Lipinski definition) is 1. The molecular weight excluding hydrogens is 342 g/mol. The van der Waals surface area contributed by atoms with Crippen LogP contribution in [0.1, 0.15) is 50.5 Å². The molecule has 4 bridgehead atoms. The summed E-state index contributed by atoms with van der Waals surface area (Å²) in [7, 11) is 0. The van der Waals surface area contributed by atoms with E-state index in [2.05, 4.69) is 34.6 Å². The average molecular weight is 368 g/mol. The summed E-state index contributed by atoms with van der Waals surface area (Å²) < 4.78 is 0. The van der Waals surface area contributed by atoms with Gasteiger partial charge >= 0.3 is 0 Å². The molecule has 26 heavy (non-hydrogen) atoms. The Balaban J connectivity index is 1.27. The SMILES string of the molecule is Cc1ccccc1-c1nnc(NC(=O)CC23CC4CC(CC(C4)C2)C3)s1. The number of nitrogens with zero attached hydrogens (tertiary/aromatic N) is 2. The Morgan fingerprint density at radius 3 is 2.42 bits per heavy atom. The van der Waals surface area contributed by atoms with Crippen LogP contribution in [0.15, 0.2) is 24.3 Å². The van der Waals surface area contributed by atoms with Gasteiger partial charge in [0.05, 0.1) is 0 Å². The molecule has 1 N–H and O–H groups in total. The molecule has 5 heteroatoms. The molecule has 0 spiro atoms. The number of amides is 1. The van der Waals surface area contributed by atoms with E-state index in [4.69, 9.17) is 0 Å². The first-order valence-corrected chi connectivity index (χ1v) is 10.6. The van der Waals surface area contributed by atoms with Crippen LogP contribution in [0.2, 0.25) is 0 Å². The Morgan fingerprint density at radius 1 is 1.12 bits per heavy atom. The van der Waals surface area contributed by atoms with E-state index in [0.29, 0.717) is 11.6 Å². The highest BCUT2D eigenvalue weighted by molar-refractivity contribution is 7.18. The number of carbonyl (C=O) groups excluding carboxylic acids is 1. The third kappa shape index (κ3) is 2.96. The molecule has 2 aromatic rings. The highest BCUT2D eigenvalue weighted by atomic mass is 32.1. The normalized spacial score (nSPS) is 32.0. The Kier molecular flexibility index (Phi) is 3.89. The van der Waals surface area contributed by atoms with Gasteiger partial charge < -0.3 is 5.32 Å². The smallest absolute Gasteiger partial charge is 0.226 e. The number of benzene rings is 1. The molecule has 6 rings (SSSR count). The molecule has 0 unspecified atom stereocenters. The van der Waals surface area contributed by atoms with Crippen LogP contribution in [0.25, 0.3) is 10.6 Å². The van der Waals surface area contributed by atoms with Gasteiger partial charge in [-0.2, -0.15) is 0 Å². The zero-order valence-corrected chi connectivity index (χ0v) is 16.0.